The van der Waals surface area contributed by atoms with Gasteiger partial charge in [-0.25, -0.2) is 4.98 Å². The molecule has 0 saturated carbocycles. The maximum absolute atomic E-state index is 11.5. The van der Waals surface area contributed by atoms with Crippen LogP contribution >= 0.6 is 15.9 Å². The van der Waals surface area contributed by atoms with Crippen LogP contribution in [0.2, 0.25) is 0 Å². The molecule has 0 saturated heterocycles. The highest BCUT2D eigenvalue weighted by molar-refractivity contribution is 9.10. The molecule has 5 heteroatoms. The summed E-state index contributed by atoms with van der Waals surface area (Å²) >= 11 is 3.22. The molecule has 1 N–H and O–H groups in total. The van der Waals surface area contributed by atoms with Gasteiger partial charge in [0.25, 0.3) is 0 Å². The van der Waals surface area contributed by atoms with E-state index in [1.165, 1.54) is 19.3 Å². The summed E-state index contributed by atoms with van der Waals surface area (Å²) in [6, 6.07) is 0. The van der Waals surface area contributed by atoms with Crippen molar-refractivity contribution >= 4 is 21.8 Å². The minimum absolute atomic E-state index is 0.0937. The molecule has 100 valence electrons. The Labute approximate surface area is 117 Å². The summed E-state index contributed by atoms with van der Waals surface area (Å²) in [6.45, 7) is 2.64. The zero-order valence-electron chi connectivity index (χ0n) is 10.8. The van der Waals surface area contributed by atoms with Crippen molar-refractivity contribution in [3.63, 3.8) is 0 Å². The van der Waals surface area contributed by atoms with E-state index in [9.17, 15) is 4.79 Å². The molecule has 0 unspecified atom stereocenters. The molecule has 0 aliphatic carbocycles. The second-order valence-electron chi connectivity index (χ2n) is 4.27. The number of aromatic nitrogens is 2. The fraction of sp³-hybridized carbons (Fsp3) is 0.615. The average Bonchev–Trinajstić information content (AvgIpc) is 2.38. The Morgan fingerprint density at radius 3 is 2.67 bits per heavy atom. The lowest BCUT2D eigenvalue weighted by molar-refractivity contribution is -0.121. The van der Waals surface area contributed by atoms with Gasteiger partial charge in [0.05, 0.1) is 24.6 Å². The van der Waals surface area contributed by atoms with Crippen LogP contribution in [0.15, 0.2) is 17.0 Å². The van der Waals surface area contributed by atoms with Gasteiger partial charge in [-0.05, 0) is 22.4 Å². The van der Waals surface area contributed by atoms with Gasteiger partial charge in [-0.1, -0.05) is 32.6 Å². The molecule has 4 nitrogen and oxygen atoms in total. The summed E-state index contributed by atoms with van der Waals surface area (Å²) in [4.78, 5) is 19.8. The van der Waals surface area contributed by atoms with Crippen LogP contribution in [0.5, 0.6) is 0 Å². The SMILES string of the molecule is CCCCCCCC(=O)NCc1cnc(Br)cn1. The first-order valence-corrected chi connectivity index (χ1v) is 7.24. The zero-order valence-corrected chi connectivity index (χ0v) is 12.4. The zero-order chi connectivity index (χ0) is 13.2. The van der Waals surface area contributed by atoms with Crippen molar-refractivity contribution in [2.45, 2.75) is 52.0 Å². The number of hydrogen-bond donors (Lipinski definition) is 1. The van der Waals surface area contributed by atoms with Gasteiger partial charge in [0.2, 0.25) is 5.91 Å². The van der Waals surface area contributed by atoms with E-state index in [4.69, 9.17) is 0 Å². The topological polar surface area (TPSA) is 54.9 Å². The van der Waals surface area contributed by atoms with Crippen LogP contribution in [0.4, 0.5) is 0 Å². The monoisotopic (exact) mass is 313 g/mol. The predicted octanol–water partition coefficient (Wildman–Crippen LogP) is 3.22. The highest BCUT2D eigenvalue weighted by atomic mass is 79.9. The lowest BCUT2D eigenvalue weighted by Gasteiger charge is -2.04. The Balaban J connectivity index is 2.11. The maximum atomic E-state index is 11.5. The van der Waals surface area contributed by atoms with Crippen LogP contribution < -0.4 is 5.32 Å². The van der Waals surface area contributed by atoms with Gasteiger partial charge in [-0.15, -0.1) is 0 Å². The first-order chi connectivity index (χ1) is 8.72. The second kappa shape index (κ2) is 9.03. The predicted molar refractivity (Wildman–Crippen MR) is 75.0 cm³/mol. The number of rotatable bonds is 8. The molecule has 1 rings (SSSR count). The van der Waals surface area contributed by atoms with E-state index in [0.717, 1.165) is 18.5 Å². The number of carbonyl (C=O) groups is 1. The molecular weight excluding hydrogens is 294 g/mol. The van der Waals surface area contributed by atoms with Crippen molar-refractivity contribution in [2.75, 3.05) is 0 Å². The van der Waals surface area contributed by atoms with Crippen LogP contribution in [-0.4, -0.2) is 15.9 Å². The molecular formula is C13H20BrN3O. The molecule has 0 fully saturated rings. The van der Waals surface area contributed by atoms with E-state index in [1.807, 2.05) is 0 Å². The summed E-state index contributed by atoms with van der Waals surface area (Å²) in [6.07, 6.45) is 9.72. The number of halogens is 1. The largest absolute Gasteiger partial charge is 0.350 e. The molecule has 1 aromatic rings. The highest BCUT2D eigenvalue weighted by Crippen LogP contribution is 2.05. The third-order valence-electron chi connectivity index (χ3n) is 2.65. The number of unbranched alkanes of at least 4 members (excludes halogenated alkanes) is 4. The summed E-state index contributed by atoms with van der Waals surface area (Å²) in [5.41, 5.74) is 0.775. The van der Waals surface area contributed by atoms with Crippen molar-refractivity contribution in [1.29, 1.82) is 0 Å². The smallest absolute Gasteiger partial charge is 0.220 e. The molecule has 18 heavy (non-hydrogen) atoms. The van der Waals surface area contributed by atoms with Crippen molar-refractivity contribution in [3.05, 3.63) is 22.7 Å². The van der Waals surface area contributed by atoms with E-state index < -0.39 is 0 Å². The standard InChI is InChI=1S/C13H20BrN3O/c1-2-3-4-5-6-7-13(18)17-9-11-8-16-12(14)10-15-11/h8,10H,2-7,9H2,1H3,(H,17,18). The van der Waals surface area contributed by atoms with E-state index in [0.29, 0.717) is 17.6 Å². The van der Waals surface area contributed by atoms with Gasteiger partial charge >= 0.3 is 0 Å². The van der Waals surface area contributed by atoms with Gasteiger partial charge < -0.3 is 5.32 Å². The molecule has 0 aliphatic heterocycles. The normalized spacial score (nSPS) is 10.3. The molecule has 0 spiro atoms. The van der Waals surface area contributed by atoms with Crippen LogP contribution in [0, 0.1) is 0 Å². The van der Waals surface area contributed by atoms with Crippen LogP contribution in [0.1, 0.15) is 51.1 Å². The van der Waals surface area contributed by atoms with E-state index in [1.54, 1.807) is 12.4 Å². The Kier molecular flexibility index (Phi) is 7.57. The molecule has 0 radical (unpaired) electrons. The number of nitrogens with zero attached hydrogens (tertiary/aromatic N) is 2. The number of nitrogens with one attached hydrogen (secondary N) is 1. The van der Waals surface area contributed by atoms with Crippen molar-refractivity contribution in [3.8, 4) is 0 Å². The number of carbonyl (C=O) groups excluding carboxylic acids is 1. The summed E-state index contributed by atoms with van der Waals surface area (Å²) in [7, 11) is 0. The number of hydrogen-bond acceptors (Lipinski definition) is 3. The van der Waals surface area contributed by atoms with Crippen molar-refractivity contribution in [2.24, 2.45) is 0 Å². The number of amides is 1. The maximum Gasteiger partial charge on any atom is 0.220 e. The van der Waals surface area contributed by atoms with Gasteiger partial charge in [-0.2, -0.15) is 0 Å². The van der Waals surface area contributed by atoms with E-state index in [2.05, 4.69) is 38.1 Å². The fourth-order valence-electron chi connectivity index (χ4n) is 1.60. The summed E-state index contributed by atoms with van der Waals surface area (Å²) in [5.74, 6) is 0.0937. The molecule has 0 atom stereocenters. The minimum atomic E-state index is 0.0937. The van der Waals surface area contributed by atoms with E-state index in [-0.39, 0.29) is 5.91 Å². The van der Waals surface area contributed by atoms with Gasteiger partial charge in [0, 0.05) is 6.42 Å². The second-order valence-corrected chi connectivity index (χ2v) is 5.08. The molecule has 1 heterocycles. The average molecular weight is 314 g/mol. The Morgan fingerprint density at radius 2 is 2.00 bits per heavy atom. The molecule has 0 bridgehead atoms. The third-order valence-corrected chi connectivity index (χ3v) is 3.06. The van der Waals surface area contributed by atoms with Crippen LogP contribution in [0.3, 0.4) is 0 Å². The van der Waals surface area contributed by atoms with Gasteiger partial charge in [0.1, 0.15) is 4.60 Å². The summed E-state index contributed by atoms with van der Waals surface area (Å²) < 4.78 is 0.702. The van der Waals surface area contributed by atoms with Crippen LogP contribution in [0.25, 0.3) is 0 Å². The molecule has 0 aliphatic rings. The highest BCUT2D eigenvalue weighted by Gasteiger charge is 2.02. The molecule has 1 amide bonds. The van der Waals surface area contributed by atoms with Gasteiger partial charge in [-0.3, -0.25) is 9.78 Å². The van der Waals surface area contributed by atoms with Gasteiger partial charge in [0.15, 0.2) is 0 Å². The third kappa shape index (κ3) is 6.69. The Hall–Kier alpha value is -0.970. The Bertz CT molecular complexity index is 354. The van der Waals surface area contributed by atoms with Crippen molar-refractivity contribution in [1.82, 2.24) is 15.3 Å². The van der Waals surface area contributed by atoms with Crippen LogP contribution in [-0.2, 0) is 11.3 Å². The van der Waals surface area contributed by atoms with Crippen molar-refractivity contribution < 1.29 is 4.79 Å². The lowest BCUT2D eigenvalue weighted by atomic mass is 10.1. The van der Waals surface area contributed by atoms with E-state index >= 15 is 0 Å². The quantitative estimate of drug-likeness (QED) is 0.750. The molecule has 1 aromatic heterocycles. The summed E-state index contributed by atoms with van der Waals surface area (Å²) in [5, 5.41) is 2.85. The molecule has 0 aromatic carbocycles. The Morgan fingerprint density at radius 1 is 1.22 bits per heavy atom. The minimum Gasteiger partial charge on any atom is -0.350 e. The fourth-order valence-corrected chi connectivity index (χ4v) is 1.80. The first kappa shape index (κ1) is 15.1. The first-order valence-electron chi connectivity index (χ1n) is 6.45. The lowest BCUT2D eigenvalue weighted by Crippen LogP contribution is -2.22.